The predicted molar refractivity (Wildman–Crippen MR) is 120 cm³/mol. The predicted octanol–water partition coefficient (Wildman–Crippen LogP) is 4.21. The lowest BCUT2D eigenvalue weighted by molar-refractivity contribution is 0.184. The molecule has 2 aromatic rings. The summed E-state index contributed by atoms with van der Waals surface area (Å²) < 4.78 is 6.18. The molecule has 5 nitrogen and oxygen atoms in total. The zero-order valence-electron chi connectivity index (χ0n) is 14.9. The van der Waals surface area contributed by atoms with Gasteiger partial charge in [-0.15, -0.1) is 35.3 Å². The summed E-state index contributed by atoms with van der Waals surface area (Å²) in [6, 6.07) is 11.5. The summed E-state index contributed by atoms with van der Waals surface area (Å²) in [4.78, 5) is 5.39. The van der Waals surface area contributed by atoms with Crippen molar-refractivity contribution < 1.29 is 9.84 Å². The number of rotatable bonds is 8. The van der Waals surface area contributed by atoms with E-state index in [0.29, 0.717) is 30.0 Å². The Balaban J connectivity index is 0.00000338. The van der Waals surface area contributed by atoms with Crippen LogP contribution in [0.5, 0.6) is 5.75 Å². The third kappa shape index (κ3) is 7.69. The van der Waals surface area contributed by atoms with Crippen LogP contribution in [0.25, 0.3) is 0 Å². The molecule has 0 spiro atoms. The van der Waals surface area contributed by atoms with Crippen LogP contribution in [0.1, 0.15) is 30.4 Å². The second-order valence-electron chi connectivity index (χ2n) is 5.31. The van der Waals surface area contributed by atoms with Crippen LogP contribution in [0.4, 0.5) is 0 Å². The van der Waals surface area contributed by atoms with Gasteiger partial charge in [0.1, 0.15) is 11.9 Å². The molecule has 0 radical (unpaired) electrons. The van der Waals surface area contributed by atoms with Crippen molar-refractivity contribution in [3.8, 4) is 5.75 Å². The molecule has 3 N–H and O–H groups in total. The van der Waals surface area contributed by atoms with E-state index in [1.54, 1.807) is 6.07 Å². The third-order valence-corrected chi connectivity index (χ3v) is 4.69. The summed E-state index contributed by atoms with van der Waals surface area (Å²) >= 11 is 7.29. The lowest BCUT2D eigenvalue weighted by atomic mass is 10.2. The van der Waals surface area contributed by atoms with Gasteiger partial charge in [-0.1, -0.05) is 23.7 Å². The average molecular weight is 510 g/mol. The van der Waals surface area contributed by atoms with Gasteiger partial charge in [0.25, 0.3) is 0 Å². The Kier molecular flexibility index (Phi) is 11.0. The van der Waals surface area contributed by atoms with E-state index in [1.807, 2.05) is 44.2 Å². The van der Waals surface area contributed by atoms with E-state index in [9.17, 15) is 5.11 Å². The van der Waals surface area contributed by atoms with E-state index >= 15 is 0 Å². The molecular formula is C18H25ClIN3O2S. The van der Waals surface area contributed by atoms with Crippen molar-refractivity contribution >= 4 is 52.9 Å². The number of aliphatic hydroxyl groups excluding tert-OH is 1. The SMILES string of the molecule is CCNC(=NCc1cccc(OCC)c1)NCC(O)c1ccc(Cl)s1.I. The summed E-state index contributed by atoms with van der Waals surface area (Å²) in [6.45, 7) is 6.23. The molecule has 0 fully saturated rings. The van der Waals surface area contributed by atoms with Gasteiger partial charge in [-0.25, -0.2) is 4.99 Å². The molecule has 0 saturated carbocycles. The van der Waals surface area contributed by atoms with Crippen LogP contribution in [0, 0.1) is 0 Å². The number of nitrogens with one attached hydrogen (secondary N) is 2. The van der Waals surface area contributed by atoms with Crippen LogP contribution in [0.15, 0.2) is 41.4 Å². The van der Waals surface area contributed by atoms with Crippen molar-refractivity contribution in [2.45, 2.75) is 26.5 Å². The van der Waals surface area contributed by atoms with Gasteiger partial charge in [-0.05, 0) is 43.7 Å². The smallest absolute Gasteiger partial charge is 0.191 e. The average Bonchev–Trinajstić information content (AvgIpc) is 3.04. The first-order valence-electron chi connectivity index (χ1n) is 8.29. The molecule has 0 saturated heterocycles. The molecule has 0 bridgehead atoms. The number of aliphatic hydroxyl groups is 1. The molecule has 1 aromatic heterocycles. The highest BCUT2D eigenvalue weighted by Gasteiger charge is 2.11. The number of aliphatic imine (C=N–C) groups is 1. The molecular weight excluding hydrogens is 485 g/mol. The highest BCUT2D eigenvalue weighted by molar-refractivity contribution is 14.0. The van der Waals surface area contributed by atoms with Crippen LogP contribution < -0.4 is 15.4 Å². The van der Waals surface area contributed by atoms with Crippen molar-refractivity contribution in [1.29, 1.82) is 0 Å². The Morgan fingerprint density at radius 1 is 1.27 bits per heavy atom. The van der Waals surface area contributed by atoms with Gasteiger partial charge in [0, 0.05) is 18.0 Å². The molecule has 2 rings (SSSR count). The molecule has 0 aliphatic carbocycles. The van der Waals surface area contributed by atoms with E-state index in [2.05, 4.69) is 15.6 Å². The quantitative estimate of drug-likeness (QED) is 0.283. The zero-order valence-corrected chi connectivity index (χ0v) is 18.8. The largest absolute Gasteiger partial charge is 0.494 e. The monoisotopic (exact) mass is 509 g/mol. The van der Waals surface area contributed by atoms with Crippen molar-refractivity contribution in [2.75, 3.05) is 19.7 Å². The van der Waals surface area contributed by atoms with Crippen LogP contribution in [-0.2, 0) is 6.54 Å². The molecule has 0 amide bonds. The first-order chi connectivity index (χ1) is 12.1. The molecule has 0 aliphatic heterocycles. The van der Waals surface area contributed by atoms with E-state index in [0.717, 1.165) is 22.7 Å². The molecule has 26 heavy (non-hydrogen) atoms. The van der Waals surface area contributed by atoms with Crippen molar-refractivity contribution in [3.05, 3.63) is 51.2 Å². The maximum Gasteiger partial charge on any atom is 0.191 e. The van der Waals surface area contributed by atoms with Crippen LogP contribution in [-0.4, -0.2) is 30.8 Å². The molecule has 1 heterocycles. The minimum Gasteiger partial charge on any atom is -0.494 e. The second-order valence-corrected chi connectivity index (χ2v) is 7.06. The topological polar surface area (TPSA) is 65.9 Å². The minimum absolute atomic E-state index is 0. The van der Waals surface area contributed by atoms with Crippen LogP contribution in [0.3, 0.4) is 0 Å². The molecule has 1 unspecified atom stereocenters. The van der Waals surface area contributed by atoms with E-state index in [4.69, 9.17) is 16.3 Å². The fraction of sp³-hybridized carbons (Fsp3) is 0.389. The molecule has 1 aromatic carbocycles. The summed E-state index contributed by atoms with van der Waals surface area (Å²) in [5, 5.41) is 16.6. The number of thiophene rings is 1. The fourth-order valence-electron chi connectivity index (χ4n) is 2.21. The summed E-state index contributed by atoms with van der Waals surface area (Å²) in [5.74, 6) is 1.50. The highest BCUT2D eigenvalue weighted by Crippen LogP contribution is 2.26. The first-order valence-corrected chi connectivity index (χ1v) is 9.49. The highest BCUT2D eigenvalue weighted by atomic mass is 127. The first kappa shape index (κ1) is 23.0. The standard InChI is InChI=1S/C18H24ClN3O2S.HI/c1-3-20-18(22-12-15(23)16-8-9-17(19)25-16)21-11-13-6-5-7-14(10-13)24-4-2;/h5-10,15,23H,3-4,11-12H2,1-2H3,(H2,20,21,22);1H. The van der Waals surface area contributed by atoms with Crippen molar-refractivity contribution in [3.63, 3.8) is 0 Å². The van der Waals surface area contributed by atoms with Gasteiger partial charge >= 0.3 is 0 Å². The van der Waals surface area contributed by atoms with Gasteiger partial charge < -0.3 is 20.5 Å². The second kappa shape index (κ2) is 12.4. The normalized spacial score (nSPS) is 12.2. The zero-order chi connectivity index (χ0) is 18.1. The van der Waals surface area contributed by atoms with Gasteiger partial charge in [0.2, 0.25) is 0 Å². The number of hydrogen-bond donors (Lipinski definition) is 3. The van der Waals surface area contributed by atoms with Crippen LogP contribution >= 0.6 is 46.9 Å². The van der Waals surface area contributed by atoms with Crippen molar-refractivity contribution in [2.24, 2.45) is 4.99 Å². The number of halogens is 2. The number of nitrogens with zero attached hydrogens (tertiary/aromatic N) is 1. The fourth-order valence-corrected chi connectivity index (χ4v) is 3.26. The van der Waals surface area contributed by atoms with E-state index in [1.165, 1.54) is 11.3 Å². The summed E-state index contributed by atoms with van der Waals surface area (Å²) in [5.41, 5.74) is 1.06. The van der Waals surface area contributed by atoms with E-state index < -0.39 is 6.10 Å². The lowest BCUT2D eigenvalue weighted by Crippen LogP contribution is -2.39. The number of guanidine groups is 1. The summed E-state index contributed by atoms with van der Waals surface area (Å²) in [7, 11) is 0. The Morgan fingerprint density at radius 2 is 2.08 bits per heavy atom. The number of benzene rings is 1. The number of hydrogen-bond acceptors (Lipinski definition) is 4. The Morgan fingerprint density at radius 3 is 2.73 bits per heavy atom. The molecule has 8 heteroatoms. The maximum absolute atomic E-state index is 10.2. The van der Waals surface area contributed by atoms with Gasteiger partial charge in [-0.2, -0.15) is 0 Å². The van der Waals surface area contributed by atoms with Crippen LogP contribution in [0.2, 0.25) is 4.34 Å². The van der Waals surface area contributed by atoms with Gasteiger partial charge in [-0.3, -0.25) is 0 Å². The Bertz CT molecular complexity index is 697. The van der Waals surface area contributed by atoms with E-state index in [-0.39, 0.29) is 24.0 Å². The Labute approximate surface area is 180 Å². The number of ether oxygens (including phenoxy) is 1. The molecule has 1 atom stereocenters. The third-order valence-electron chi connectivity index (χ3n) is 3.36. The minimum atomic E-state index is -0.623. The van der Waals surface area contributed by atoms with Crippen molar-refractivity contribution in [1.82, 2.24) is 10.6 Å². The maximum atomic E-state index is 10.2. The molecule has 0 aliphatic rings. The van der Waals surface area contributed by atoms with Gasteiger partial charge in [0.05, 0.1) is 17.5 Å². The van der Waals surface area contributed by atoms with Gasteiger partial charge in [0.15, 0.2) is 5.96 Å². The Hall–Kier alpha value is -1.03. The molecule has 144 valence electrons. The summed E-state index contributed by atoms with van der Waals surface area (Å²) in [6.07, 6.45) is -0.623. The lowest BCUT2D eigenvalue weighted by Gasteiger charge is -2.14.